The molecular formula is C89H183O25P3. The van der Waals surface area contributed by atoms with Gasteiger partial charge in [-0.1, -0.05) is 261 Å². The van der Waals surface area contributed by atoms with Crippen molar-refractivity contribution in [1.29, 1.82) is 0 Å². The monoisotopic (exact) mass is 1750 g/mol. The van der Waals surface area contributed by atoms with Gasteiger partial charge in [-0.05, 0) is 77.0 Å². The van der Waals surface area contributed by atoms with Crippen LogP contribution in [0.15, 0.2) is 0 Å². The van der Waals surface area contributed by atoms with Gasteiger partial charge in [0.15, 0.2) is 0 Å². The molecule has 28 heteroatoms. The fourth-order valence-electron chi connectivity index (χ4n) is 13.7. The van der Waals surface area contributed by atoms with Gasteiger partial charge in [-0.2, -0.15) is 9.90 Å². The van der Waals surface area contributed by atoms with Gasteiger partial charge in [0.1, 0.15) is 37.6 Å². The normalized spacial score (nSPS) is 18.2. The summed E-state index contributed by atoms with van der Waals surface area (Å²) in [6, 6.07) is 0. The van der Waals surface area contributed by atoms with Gasteiger partial charge in [-0.15, -0.1) is 17.9 Å². The molecule has 11 N–H and O–H groups in total. The van der Waals surface area contributed by atoms with Gasteiger partial charge in [0.05, 0.1) is 113 Å². The Bertz CT molecular complexity index is 2110. The van der Waals surface area contributed by atoms with E-state index in [1.165, 1.54) is 135 Å². The highest BCUT2D eigenvalue weighted by atomic mass is 32.0. The van der Waals surface area contributed by atoms with E-state index in [-0.39, 0.29) is 107 Å². The molecule has 3 aliphatic rings. The Morgan fingerprint density at radius 3 is 0.897 bits per heavy atom. The first-order chi connectivity index (χ1) is 55.3. The number of carbonyl (C=O) groups excluding carboxylic acids is 4. The molecule has 0 amide bonds. The molecule has 0 aromatic rings. The standard InChI is InChI=1S/C23H46O8.C22H44O6.C21H38O6.C21H40O5.2CH4.H4P2.H3P/c1-4-5-9-13-21(29-2)20(27)15-22(30-3)19(26)12-10-7-6-8-11-14-23(28)31-17-18(25)16-24;1-3-4-5-6-9-12-15-21(27-2)20(25)14-11-8-7-10-13-16-22(26)28-19(17-23)18-24;1-2-3-7-10-17-19(26-17)13-20-18(27-20)11-8-5-4-6-9-12-21(24)25-15-16(23)14-22;1-2-3-4-5-7-10-13-19-20(26-19)14-11-8-6-9-12-15-21(24)25-18(16-22)17-23;;;1-2;/h18-22,24-27H,4-17H2,1-3H3;19-21,23-25H,3-18H2,1-2H3;16-20,22-23H,2-15H2,1H3;18-20,22-23H,2-17H2,1H3;2*1H4;1-2H2;1H3. The molecule has 3 aliphatic heterocycles. The lowest BCUT2D eigenvalue weighted by Gasteiger charge is -2.28. The first-order valence-corrected chi connectivity index (χ1v) is 47.6. The lowest BCUT2D eigenvalue weighted by atomic mass is 9.96. The third kappa shape index (κ3) is 75.5. The average Bonchev–Trinajstić information content (AvgIpc) is 1.65. The number of aliphatic hydroxyl groups excluding tert-OH is 11. The van der Waals surface area contributed by atoms with E-state index in [4.69, 9.17) is 88.2 Å². The fraction of sp³-hybridized carbons (Fsp3) is 0.955. The molecule has 3 saturated heterocycles. The molecule has 0 radical (unpaired) electrons. The molecule has 3 fully saturated rings. The second-order valence-electron chi connectivity index (χ2n) is 31.5. The second kappa shape index (κ2) is 89.3. The van der Waals surface area contributed by atoms with Crippen LogP contribution in [0.1, 0.15) is 376 Å². The number of hydrogen-bond donors (Lipinski definition) is 11. The van der Waals surface area contributed by atoms with E-state index in [9.17, 15) is 34.5 Å². The van der Waals surface area contributed by atoms with Crippen LogP contribution in [0.3, 0.4) is 0 Å². The molecule has 0 aromatic heterocycles. The first kappa shape index (κ1) is 124. The number of epoxide rings is 3. The van der Waals surface area contributed by atoms with Gasteiger partial charge in [-0.25, -0.2) is 0 Å². The first-order valence-electron chi connectivity index (χ1n) is 45.0. The summed E-state index contributed by atoms with van der Waals surface area (Å²) in [6.45, 7) is 6.37. The molecule has 0 spiro atoms. The highest BCUT2D eigenvalue weighted by molar-refractivity contribution is 7.92. The van der Waals surface area contributed by atoms with E-state index in [2.05, 4.69) is 45.6 Å². The van der Waals surface area contributed by atoms with Crippen molar-refractivity contribution in [1.82, 2.24) is 0 Å². The molecule has 3 heterocycles. The van der Waals surface area contributed by atoms with Crippen molar-refractivity contribution in [2.75, 3.05) is 74.2 Å². The number of hydrogen-bond acceptors (Lipinski definition) is 25. The zero-order valence-corrected chi connectivity index (χ0v) is 76.9. The summed E-state index contributed by atoms with van der Waals surface area (Å²) in [6.07, 6.45) is 49.8. The third-order valence-corrected chi connectivity index (χ3v) is 21.3. The van der Waals surface area contributed by atoms with Crippen molar-refractivity contribution < 1.29 is 123 Å². The van der Waals surface area contributed by atoms with E-state index >= 15 is 0 Å². The van der Waals surface area contributed by atoms with Gasteiger partial charge in [0.25, 0.3) is 0 Å². The van der Waals surface area contributed by atoms with Crippen LogP contribution in [0, 0.1) is 0 Å². The van der Waals surface area contributed by atoms with Gasteiger partial charge < -0.3 is 104 Å². The Labute approximate surface area is 719 Å². The maximum atomic E-state index is 11.5. The Morgan fingerprint density at radius 2 is 0.564 bits per heavy atom. The van der Waals surface area contributed by atoms with Crippen LogP contribution in [0.5, 0.6) is 0 Å². The molecule has 17 atom stereocenters. The number of aliphatic hydroxyl groups is 11. The maximum Gasteiger partial charge on any atom is 0.306 e. The highest BCUT2D eigenvalue weighted by Crippen LogP contribution is 2.39. The Balaban J connectivity index is -0.000000470. The van der Waals surface area contributed by atoms with Crippen LogP contribution < -0.4 is 0 Å². The predicted molar refractivity (Wildman–Crippen MR) is 479 cm³/mol. The molecule has 0 aliphatic carbocycles. The smallest absolute Gasteiger partial charge is 0.306 e. The molecule has 117 heavy (non-hydrogen) atoms. The Morgan fingerprint density at radius 1 is 0.316 bits per heavy atom. The number of unbranched alkanes of at least 4 members (excludes halogenated alkanes) is 30. The van der Waals surface area contributed by atoms with Crippen molar-refractivity contribution >= 4 is 51.6 Å². The van der Waals surface area contributed by atoms with E-state index in [0.717, 1.165) is 154 Å². The lowest BCUT2D eigenvalue weighted by Crippen LogP contribution is -2.37. The van der Waals surface area contributed by atoms with Crippen molar-refractivity contribution in [2.45, 2.75) is 474 Å². The Kier molecular flexibility index (Phi) is 94.7. The van der Waals surface area contributed by atoms with E-state index in [1.54, 1.807) is 21.3 Å². The zero-order chi connectivity index (χ0) is 85.0. The molecule has 0 bridgehead atoms. The number of ether oxygens (including phenoxy) is 10. The third-order valence-electron chi connectivity index (χ3n) is 21.3. The molecule has 3 rings (SSSR count). The summed E-state index contributed by atoms with van der Waals surface area (Å²) >= 11 is 0. The van der Waals surface area contributed by atoms with Crippen molar-refractivity contribution in [3.05, 3.63) is 0 Å². The summed E-state index contributed by atoms with van der Waals surface area (Å²) < 4.78 is 53.2. The SMILES string of the molecule is C.C.CCCCCC(OC)C(O)CC(OC)C(O)CCCCCCCC(=O)OCC(O)CO.CCCCCC1OC1CC1OC1CCCCCCCC(=O)OCC(O)CO.CCCCCCCCC(OC)C(O)CCCCCCCC(=O)OC(CO)CO.CCCCCCCCC1OC1CCCCCCCC(=O)OC(CO)CO.P.PP. The van der Waals surface area contributed by atoms with Crippen molar-refractivity contribution in [2.24, 2.45) is 0 Å². The molecule has 0 saturated carbocycles. The van der Waals surface area contributed by atoms with Crippen LogP contribution in [0.2, 0.25) is 0 Å². The Hall–Kier alpha value is -1.51. The highest BCUT2D eigenvalue weighted by Gasteiger charge is 2.47. The average molecular weight is 1750 g/mol. The zero-order valence-electron chi connectivity index (χ0n) is 73.2. The van der Waals surface area contributed by atoms with Gasteiger partial charge in [0.2, 0.25) is 0 Å². The number of methoxy groups -OCH3 is 3. The molecule has 0 aromatic carbocycles. The topological polar surface area (TPSA) is 393 Å². The van der Waals surface area contributed by atoms with Gasteiger partial charge >= 0.3 is 23.9 Å². The number of esters is 4. The fourth-order valence-corrected chi connectivity index (χ4v) is 13.7. The minimum Gasteiger partial charge on any atom is -0.463 e. The molecule has 25 nitrogen and oxygen atoms in total. The summed E-state index contributed by atoms with van der Waals surface area (Å²) in [4.78, 5) is 45.9. The maximum absolute atomic E-state index is 11.5. The van der Waals surface area contributed by atoms with E-state index in [1.807, 2.05) is 0 Å². The minimum atomic E-state index is -1.02. The molecule has 17 unspecified atom stereocenters. The van der Waals surface area contributed by atoms with Crippen LogP contribution in [0.4, 0.5) is 0 Å². The quantitative estimate of drug-likeness (QED) is 0.00886. The molecular weight excluding hydrogens is 1560 g/mol. The van der Waals surface area contributed by atoms with Crippen LogP contribution in [0.25, 0.3) is 0 Å². The minimum absolute atomic E-state index is 0. The summed E-state index contributed by atoms with van der Waals surface area (Å²) in [7, 11) is 9.51. The lowest BCUT2D eigenvalue weighted by molar-refractivity contribution is -0.154. The number of carbonyl (C=O) groups is 4. The van der Waals surface area contributed by atoms with Gasteiger partial charge in [-0.3, -0.25) is 19.2 Å². The predicted octanol–water partition coefficient (Wildman–Crippen LogP) is 15.3. The summed E-state index contributed by atoms with van der Waals surface area (Å²) in [5.41, 5.74) is 0. The summed E-state index contributed by atoms with van der Waals surface area (Å²) in [5.74, 6) is -1.37. The summed E-state index contributed by atoms with van der Waals surface area (Å²) in [5, 5.41) is 102. The van der Waals surface area contributed by atoms with Crippen LogP contribution in [-0.4, -0.2) is 252 Å². The molecule has 704 valence electrons. The van der Waals surface area contributed by atoms with E-state index in [0.29, 0.717) is 81.6 Å². The van der Waals surface area contributed by atoms with Crippen molar-refractivity contribution in [3.63, 3.8) is 0 Å². The van der Waals surface area contributed by atoms with Crippen LogP contribution in [-0.2, 0) is 66.5 Å². The van der Waals surface area contributed by atoms with Crippen LogP contribution >= 0.6 is 27.8 Å². The van der Waals surface area contributed by atoms with E-state index < -0.39 is 55.4 Å². The number of rotatable bonds is 76. The second-order valence-corrected chi connectivity index (χ2v) is 31.5. The largest absolute Gasteiger partial charge is 0.463 e. The van der Waals surface area contributed by atoms with Crippen molar-refractivity contribution in [3.8, 4) is 0 Å². The van der Waals surface area contributed by atoms with Gasteiger partial charge in [0, 0.05) is 59.9 Å².